The van der Waals surface area contributed by atoms with E-state index in [2.05, 4.69) is 11.4 Å². The molecule has 0 spiro atoms. The van der Waals surface area contributed by atoms with Crippen LogP contribution >= 0.6 is 0 Å². The van der Waals surface area contributed by atoms with Crippen molar-refractivity contribution in [3.8, 4) is 11.8 Å². The number of fused-ring (bicyclic) bond motifs is 1. The number of rotatable bonds is 2. The summed E-state index contributed by atoms with van der Waals surface area (Å²) in [5, 5.41) is 12.8. The summed E-state index contributed by atoms with van der Waals surface area (Å²) >= 11 is 0. The molecule has 0 bridgehead atoms. The van der Waals surface area contributed by atoms with Gasteiger partial charge in [-0.2, -0.15) is 5.26 Å². The Balaban J connectivity index is 2.15. The van der Waals surface area contributed by atoms with Crippen LogP contribution in [0, 0.1) is 11.3 Å². The van der Waals surface area contributed by atoms with Gasteiger partial charge in [-0.05, 0) is 55.8 Å². The quantitative estimate of drug-likeness (QED) is 0.866. The van der Waals surface area contributed by atoms with Gasteiger partial charge in [-0.1, -0.05) is 0 Å². The van der Waals surface area contributed by atoms with Crippen molar-refractivity contribution in [2.75, 3.05) is 13.7 Å². The summed E-state index contributed by atoms with van der Waals surface area (Å²) in [5.74, 6) is 1.03. The van der Waals surface area contributed by atoms with E-state index in [0.717, 1.165) is 43.5 Å². The highest BCUT2D eigenvalue weighted by Gasteiger charge is 2.27. The number of nitriles is 1. The molecular formula is C15H18N2O. The number of benzene rings is 1. The molecule has 18 heavy (non-hydrogen) atoms. The largest absolute Gasteiger partial charge is 0.496 e. The molecule has 0 radical (unpaired) electrons. The van der Waals surface area contributed by atoms with Crippen molar-refractivity contribution in [3.05, 3.63) is 28.3 Å². The standard InChI is InChI=1S/C15H18N2O/c1-18-15-12-5-2-4-11(12)10(9-16)8-13(15)14-6-3-7-17-14/h8,14,17H,2-7H2,1H3/t14-/m0/s1. The molecule has 1 aliphatic heterocycles. The van der Waals surface area contributed by atoms with Crippen LogP contribution in [0.2, 0.25) is 0 Å². The summed E-state index contributed by atoms with van der Waals surface area (Å²) in [6, 6.07) is 4.77. The molecular weight excluding hydrogens is 224 g/mol. The Labute approximate surface area is 108 Å². The van der Waals surface area contributed by atoms with Crippen molar-refractivity contribution in [1.82, 2.24) is 5.32 Å². The maximum atomic E-state index is 9.32. The first-order valence-electron chi connectivity index (χ1n) is 6.71. The molecule has 1 aromatic rings. The summed E-state index contributed by atoms with van der Waals surface area (Å²) in [4.78, 5) is 0. The molecule has 0 unspecified atom stereocenters. The minimum absolute atomic E-state index is 0.359. The van der Waals surface area contributed by atoms with E-state index in [0.29, 0.717) is 6.04 Å². The molecule has 0 aromatic heterocycles. The molecule has 1 N–H and O–H groups in total. The van der Waals surface area contributed by atoms with Crippen LogP contribution in [-0.4, -0.2) is 13.7 Å². The Kier molecular flexibility index (Phi) is 2.97. The summed E-state index contributed by atoms with van der Waals surface area (Å²) < 4.78 is 5.65. The molecule has 1 atom stereocenters. The van der Waals surface area contributed by atoms with E-state index in [-0.39, 0.29) is 0 Å². The lowest BCUT2D eigenvalue weighted by Gasteiger charge is -2.19. The molecule has 2 aliphatic rings. The van der Waals surface area contributed by atoms with Crippen molar-refractivity contribution in [2.24, 2.45) is 0 Å². The molecule has 3 rings (SSSR count). The van der Waals surface area contributed by atoms with Gasteiger partial charge in [-0.25, -0.2) is 0 Å². The second-order valence-electron chi connectivity index (χ2n) is 5.12. The molecule has 94 valence electrons. The normalized spacial score (nSPS) is 21.7. The monoisotopic (exact) mass is 242 g/mol. The highest BCUT2D eigenvalue weighted by Crippen LogP contribution is 2.40. The maximum Gasteiger partial charge on any atom is 0.127 e. The Morgan fingerprint density at radius 1 is 1.33 bits per heavy atom. The fraction of sp³-hybridized carbons (Fsp3) is 0.533. The first kappa shape index (κ1) is 11.6. The fourth-order valence-electron chi connectivity index (χ4n) is 3.32. The number of nitrogens with zero attached hydrogens (tertiary/aromatic N) is 1. The lowest BCUT2D eigenvalue weighted by molar-refractivity contribution is 0.399. The summed E-state index contributed by atoms with van der Waals surface area (Å²) in [6.07, 6.45) is 5.55. The third-order valence-corrected chi connectivity index (χ3v) is 4.14. The number of methoxy groups -OCH3 is 1. The van der Waals surface area contributed by atoms with E-state index in [4.69, 9.17) is 4.74 Å². The molecule has 0 amide bonds. The summed E-state index contributed by atoms with van der Waals surface area (Å²) in [5.41, 5.74) is 4.54. The third-order valence-electron chi connectivity index (χ3n) is 4.14. The molecule has 1 aromatic carbocycles. The third kappa shape index (κ3) is 1.69. The zero-order valence-electron chi connectivity index (χ0n) is 10.8. The van der Waals surface area contributed by atoms with Crippen molar-refractivity contribution in [3.63, 3.8) is 0 Å². The average molecular weight is 242 g/mol. The topological polar surface area (TPSA) is 45.0 Å². The Morgan fingerprint density at radius 2 is 2.17 bits per heavy atom. The van der Waals surface area contributed by atoms with Crippen LogP contribution in [0.3, 0.4) is 0 Å². The first-order valence-corrected chi connectivity index (χ1v) is 6.71. The highest BCUT2D eigenvalue weighted by atomic mass is 16.5. The average Bonchev–Trinajstić information content (AvgIpc) is 3.07. The van der Waals surface area contributed by atoms with Crippen LogP contribution in [0.25, 0.3) is 0 Å². The van der Waals surface area contributed by atoms with E-state index in [9.17, 15) is 5.26 Å². The van der Waals surface area contributed by atoms with Crippen LogP contribution < -0.4 is 10.1 Å². The molecule has 3 heteroatoms. The van der Waals surface area contributed by atoms with E-state index < -0.39 is 0 Å². The van der Waals surface area contributed by atoms with Gasteiger partial charge < -0.3 is 10.1 Å². The smallest absolute Gasteiger partial charge is 0.127 e. The number of hydrogen-bond donors (Lipinski definition) is 1. The second-order valence-corrected chi connectivity index (χ2v) is 5.12. The van der Waals surface area contributed by atoms with Gasteiger partial charge in [-0.15, -0.1) is 0 Å². The van der Waals surface area contributed by atoms with Gasteiger partial charge in [0.2, 0.25) is 0 Å². The number of hydrogen-bond acceptors (Lipinski definition) is 3. The predicted octanol–water partition coefficient (Wildman–Crippen LogP) is 2.48. The van der Waals surface area contributed by atoms with Gasteiger partial charge in [0.1, 0.15) is 5.75 Å². The van der Waals surface area contributed by atoms with E-state index in [1.807, 2.05) is 6.07 Å². The zero-order valence-corrected chi connectivity index (χ0v) is 10.8. The zero-order chi connectivity index (χ0) is 12.5. The SMILES string of the molecule is COc1c([C@@H]2CCCN2)cc(C#N)c2c1CCC2. The fourth-order valence-corrected chi connectivity index (χ4v) is 3.32. The van der Waals surface area contributed by atoms with Gasteiger partial charge in [0.15, 0.2) is 0 Å². The molecule has 1 saturated heterocycles. The van der Waals surface area contributed by atoms with Crippen molar-refractivity contribution in [1.29, 1.82) is 5.26 Å². The Bertz CT molecular complexity index is 510. The van der Waals surface area contributed by atoms with Gasteiger partial charge in [0, 0.05) is 11.6 Å². The second kappa shape index (κ2) is 4.62. The molecule has 1 heterocycles. The molecule has 0 saturated carbocycles. The van der Waals surface area contributed by atoms with Crippen LogP contribution in [-0.2, 0) is 12.8 Å². The molecule has 1 fully saturated rings. The van der Waals surface area contributed by atoms with E-state index in [1.165, 1.54) is 23.1 Å². The van der Waals surface area contributed by atoms with Gasteiger partial charge >= 0.3 is 0 Å². The molecule has 3 nitrogen and oxygen atoms in total. The first-order chi connectivity index (χ1) is 8.85. The van der Waals surface area contributed by atoms with Crippen LogP contribution in [0.5, 0.6) is 5.75 Å². The van der Waals surface area contributed by atoms with Crippen molar-refractivity contribution in [2.45, 2.75) is 38.1 Å². The Hall–Kier alpha value is -1.53. The van der Waals surface area contributed by atoms with Crippen LogP contribution in [0.1, 0.15) is 47.6 Å². The van der Waals surface area contributed by atoms with Gasteiger partial charge in [0.25, 0.3) is 0 Å². The van der Waals surface area contributed by atoms with Crippen LogP contribution in [0.15, 0.2) is 6.07 Å². The molecule has 1 aliphatic carbocycles. The van der Waals surface area contributed by atoms with Gasteiger partial charge in [0.05, 0.1) is 18.7 Å². The maximum absolute atomic E-state index is 9.32. The number of nitrogens with one attached hydrogen (secondary N) is 1. The van der Waals surface area contributed by atoms with E-state index in [1.54, 1.807) is 7.11 Å². The van der Waals surface area contributed by atoms with Gasteiger partial charge in [-0.3, -0.25) is 0 Å². The lowest BCUT2D eigenvalue weighted by atomic mass is 9.94. The lowest BCUT2D eigenvalue weighted by Crippen LogP contribution is -2.15. The number of ether oxygens (including phenoxy) is 1. The van der Waals surface area contributed by atoms with Crippen LogP contribution in [0.4, 0.5) is 0 Å². The Morgan fingerprint density at radius 3 is 2.83 bits per heavy atom. The minimum Gasteiger partial charge on any atom is -0.496 e. The van der Waals surface area contributed by atoms with Crippen molar-refractivity contribution >= 4 is 0 Å². The summed E-state index contributed by atoms with van der Waals surface area (Å²) in [7, 11) is 1.75. The van der Waals surface area contributed by atoms with E-state index >= 15 is 0 Å². The highest BCUT2D eigenvalue weighted by molar-refractivity contribution is 5.57. The summed E-state index contributed by atoms with van der Waals surface area (Å²) in [6.45, 7) is 1.06. The minimum atomic E-state index is 0.359. The predicted molar refractivity (Wildman–Crippen MR) is 69.7 cm³/mol. The van der Waals surface area contributed by atoms with Crippen molar-refractivity contribution < 1.29 is 4.74 Å².